The van der Waals surface area contributed by atoms with E-state index in [1.54, 1.807) is 6.07 Å². The molecule has 0 atom stereocenters. The molecule has 1 fully saturated rings. The van der Waals surface area contributed by atoms with Gasteiger partial charge in [0.25, 0.3) is 0 Å². The molecule has 7 heteroatoms. The highest BCUT2D eigenvalue weighted by atomic mass is 32.1. The molecule has 2 aromatic rings. The van der Waals surface area contributed by atoms with Gasteiger partial charge in [-0.2, -0.15) is 0 Å². The summed E-state index contributed by atoms with van der Waals surface area (Å²) in [5.41, 5.74) is 2.08. The number of thiazole rings is 1. The maximum atomic E-state index is 12.1. The zero-order valence-electron chi connectivity index (χ0n) is 15.5. The van der Waals surface area contributed by atoms with Crippen molar-refractivity contribution < 1.29 is 9.59 Å². The monoisotopic (exact) mass is 374 g/mol. The summed E-state index contributed by atoms with van der Waals surface area (Å²) in [4.78, 5) is 32.5. The van der Waals surface area contributed by atoms with Crippen molar-refractivity contribution >= 4 is 39.3 Å². The van der Waals surface area contributed by atoms with Crippen molar-refractivity contribution in [1.29, 1.82) is 0 Å². The molecule has 1 aromatic heterocycles. The number of rotatable bonds is 8. The Balaban J connectivity index is 1.86. The predicted molar refractivity (Wildman–Crippen MR) is 106 cm³/mol. The number of piperidine rings is 1. The van der Waals surface area contributed by atoms with E-state index in [9.17, 15) is 9.59 Å². The van der Waals surface area contributed by atoms with Crippen LogP contribution in [0.15, 0.2) is 12.1 Å². The van der Waals surface area contributed by atoms with Crippen LogP contribution in [0.5, 0.6) is 0 Å². The van der Waals surface area contributed by atoms with E-state index in [1.807, 2.05) is 20.2 Å². The number of nitrogens with zero attached hydrogens (tertiary/aromatic N) is 3. The molecule has 0 aliphatic carbocycles. The maximum Gasteiger partial charge on any atom is 0.226 e. The molecule has 0 spiro atoms. The topological polar surface area (TPSA) is 65.5 Å². The minimum atomic E-state index is -0.487. The number of ketones is 1. The standard InChI is InChI=1S/C19H26N4O2S/c1-22(2)9-6-20-14-10-15(17(25)13-24)19-16(11-14)21-18(26-19)12-23-7-4-3-5-8-23/h10-11,13,20H,3-9,12H2,1-2H3. The number of hydrogen-bond donors (Lipinski definition) is 1. The van der Waals surface area contributed by atoms with Gasteiger partial charge in [-0.1, -0.05) is 6.42 Å². The van der Waals surface area contributed by atoms with E-state index in [0.717, 1.165) is 53.6 Å². The number of Topliss-reactive ketones (excluding diaryl/α,β-unsaturated/α-hetero) is 1. The molecule has 0 unspecified atom stereocenters. The first-order valence-electron chi connectivity index (χ1n) is 9.11. The van der Waals surface area contributed by atoms with Crippen molar-refractivity contribution in [3.05, 3.63) is 22.7 Å². The maximum absolute atomic E-state index is 12.1. The summed E-state index contributed by atoms with van der Waals surface area (Å²) in [5.74, 6) is -0.487. The molecule has 0 saturated carbocycles. The highest BCUT2D eigenvalue weighted by molar-refractivity contribution is 7.19. The van der Waals surface area contributed by atoms with Crippen molar-refractivity contribution in [2.24, 2.45) is 0 Å². The van der Waals surface area contributed by atoms with Gasteiger partial charge in [0.15, 0.2) is 6.29 Å². The van der Waals surface area contributed by atoms with Crippen molar-refractivity contribution in [1.82, 2.24) is 14.8 Å². The van der Waals surface area contributed by atoms with E-state index < -0.39 is 5.78 Å². The Kier molecular flexibility index (Phi) is 6.34. The molecule has 3 rings (SSSR count). The number of benzene rings is 1. The summed E-state index contributed by atoms with van der Waals surface area (Å²) in [6, 6.07) is 3.75. The van der Waals surface area contributed by atoms with Crippen LogP contribution >= 0.6 is 11.3 Å². The number of anilines is 1. The van der Waals surface area contributed by atoms with Crippen LogP contribution in [0.3, 0.4) is 0 Å². The third kappa shape index (κ3) is 4.66. The lowest BCUT2D eigenvalue weighted by molar-refractivity contribution is -0.104. The quantitative estimate of drug-likeness (QED) is 0.435. The number of likely N-dealkylation sites (N-methyl/N-ethyl adjacent to an activating group) is 1. The molecule has 2 heterocycles. The molecule has 1 aliphatic rings. The van der Waals surface area contributed by atoms with E-state index in [4.69, 9.17) is 4.98 Å². The van der Waals surface area contributed by atoms with Crippen LogP contribution in [-0.4, -0.2) is 67.1 Å². The van der Waals surface area contributed by atoms with Crippen LogP contribution in [0, 0.1) is 0 Å². The van der Waals surface area contributed by atoms with Gasteiger partial charge in [0.05, 0.1) is 16.8 Å². The van der Waals surface area contributed by atoms with E-state index in [0.29, 0.717) is 11.8 Å². The molecule has 1 N–H and O–H groups in total. The number of carbonyl (C=O) groups is 2. The van der Waals surface area contributed by atoms with Gasteiger partial charge in [-0.3, -0.25) is 14.5 Å². The molecule has 0 amide bonds. The average molecular weight is 375 g/mol. The third-order valence-electron chi connectivity index (χ3n) is 4.60. The van der Waals surface area contributed by atoms with Gasteiger partial charge in [-0.05, 0) is 52.2 Å². The van der Waals surface area contributed by atoms with E-state index >= 15 is 0 Å². The largest absolute Gasteiger partial charge is 0.384 e. The number of likely N-dealkylation sites (tertiary alicyclic amines) is 1. The Morgan fingerprint density at radius 2 is 2.08 bits per heavy atom. The summed E-state index contributed by atoms with van der Waals surface area (Å²) in [6.07, 6.45) is 4.16. The van der Waals surface area contributed by atoms with Crippen molar-refractivity contribution in [2.45, 2.75) is 25.8 Å². The first kappa shape index (κ1) is 18.9. The van der Waals surface area contributed by atoms with Gasteiger partial charge in [0.2, 0.25) is 5.78 Å². The van der Waals surface area contributed by atoms with Crippen molar-refractivity contribution in [3.63, 3.8) is 0 Å². The minimum absolute atomic E-state index is 0.391. The molecule has 1 saturated heterocycles. The molecule has 140 valence electrons. The average Bonchev–Trinajstić information content (AvgIpc) is 3.03. The predicted octanol–water partition coefficient (Wildman–Crippen LogP) is 2.64. The Hall–Kier alpha value is -1.83. The summed E-state index contributed by atoms with van der Waals surface area (Å²) >= 11 is 1.53. The zero-order chi connectivity index (χ0) is 18.5. The van der Waals surface area contributed by atoms with Crippen molar-refractivity contribution in [3.8, 4) is 0 Å². The third-order valence-corrected chi connectivity index (χ3v) is 5.69. The number of hydrogen-bond acceptors (Lipinski definition) is 7. The molecule has 1 aliphatic heterocycles. The van der Waals surface area contributed by atoms with Crippen LogP contribution in [0.1, 0.15) is 34.6 Å². The molecular weight excluding hydrogens is 348 g/mol. The van der Waals surface area contributed by atoms with E-state index in [-0.39, 0.29) is 0 Å². The van der Waals surface area contributed by atoms with Crippen molar-refractivity contribution in [2.75, 3.05) is 45.6 Å². The minimum Gasteiger partial charge on any atom is -0.384 e. The second-order valence-electron chi connectivity index (χ2n) is 7.03. The number of aldehydes is 1. The second-order valence-corrected chi connectivity index (χ2v) is 8.11. The van der Waals surface area contributed by atoms with Gasteiger partial charge in [0, 0.05) is 24.3 Å². The number of aromatic nitrogens is 1. The summed E-state index contributed by atoms with van der Waals surface area (Å²) in [5, 5.41) is 4.33. The Morgan fingerprint density at radius 1 is 1.31 bits per heavy atom. The van der Waals surface area contributed by atoms with Crippen LogP contribution in [0.4, 0.5) is 5.69 Å². The van der Waals surface area contributed by atoms with Gasteiger partial charge < -0.3 is 10.2 Å². The van der Waals surface area contributed by atoms with Crippen LogP contribution in [0.2, 0.25) is 0 Å². The van der Waals surface area contributed by atoms with Gasteiger partial charge >= 0.3 is 0 Å². The Morgan fingerprint density at radius 3 is 2.77 bits per heavy atom. The zero-order valence-corrected chi connectivity index (χ0v) is 16.3. The number of nitrogens with one attached hydrogen (secondary N) is 1. The number of fused-ring (bicyclic) bond motifs is 1. The molecule has 26 heavy (non-hydrogen) atoms. The Labute approximate surface area is 158 Å². The van der Waals surface area contributed by atoms with Crippen LogP contribution in [-0.2, 0) is 11.3 Å². The fourth-order valence-electron chi connectivity index (χ4n) is 3.23. The highest BCUT2D eigenvalue weighted by Crippen LogP contribution is 2.30. The lowest BCUT2D eigenvalue weighted by Crippen LogP contribution is -2.28. The number of carbonyl (C=O) groups excluding carboxylic acids is 2. The molecule has 0 radical (unpaired) electrons. The normalized spacial score (nSPS) is 15.5. The fourth-order valence-corrected chi connectivity index (χ4v) is 4.33. The van der Waals surface area contributed by atoms with E-state index in [1.165, 1.54) is 30.6 Å². The summed E-state index contributed by atoms with van der Waals surface area (Å²) < 4.78 is 0.812. The summed E-state index contributed by atoms with van der Waals surface area (Å²) in [7, 11) is 4.03. The van der Waals surface area contributed by atoms with Crippen LogP contribution in [0.25, 0.3) is 10.2 Å². The van der Waals surface area contributed by atoms with Gasteiger partial charge in [-0.25, -0.2) is 4.98 Å². The molecule has 6 nitrogen and oxygen atoms in total. The molecule has 1 aromatic carbocycles. The Bertz CT molecular complexity index is 781. The first-order valence-corrected chi connectivity index (χ1v) is 9.92. The smallest absolute Gasteiger partial charge is 0.226 e. The van der Waals surface area contributed by atoms with Crippen LogP contribution < -0.4 is 5.32 Å². The fraction of sp³-hybridized carbons (Fsp3) is 0.526. The molecular formula is C19H26N4O2S. The first-order chi connectivity index (χ1) is 12.6. The van der Waals surface area contributed by atoms with Gasteiger partial charge in [-0.15, -0.1) is 11.3 Å². The lowest BCUT2D eigenvalue weighted by atomic mass is 10.1. The second kappa shape index (κ2) is 8.70. The van der Waals surface area contributed by atoms with E-state index in [2.05, 4.69) is 15.1 Å². The molecule has 0 bridgehead atoms. The summed E-state index contributed by atoms with van der Waals surface area (Å²) in [6.45, 7) is 4.67. The SMILES string of the molecule is CN(C)CCNc1cc(C(=O)C=O)c2sc(CN3CCCCC3)nc2c1. The highest BCUT2D eigenvalue weighted by Gasteiger charge is 2.18. The van der Waals surface area contributed by atoms with Gasteiger partial charge in [0.1, 0.15) is 5.01 Å². The lowest BCUT2D eigenvalue weighted by Gasteiger charge is -2.25.